The van der Waals surface area contributed by atoms with Crippen LogP contribution in [0.15, 0.2) is 54.2 Å². The molecule has 1 aliphatic rings. The van der Waals surface area contributed by atoms with Crippen LogP contribution in [-0.2, 0) is 9.59 Å². The molecule has 2 aromatic rings. The number of amides is 2. The van der Waals surface area contributed by atoms with Crippen molar-refractivity contribution in [3.05, 3.63) is 75.7 Å². The van der Waals surface area contributed by atoms with Crippen LogP contribution in [0.1, 0.15) is 5.56 Å². The molecule has 3 rings (SSSR count). The maximum absolute atomic E-state index is 13.0. The molecule has 2 aromatic carbocycles. The van der Waals surface area contributed by atoms with E-state index in [1.807, 2.05) is 0 Å². The summed E-state index contributed by atoms with van der Waals surface area (Å²) in [5.41, 5.74) is 0.826. The fourth-order valence-corrected chi connectivity index (χ4v) is 2.45. The van der Waals surface area contributed by atoms with Gasteiger partial charge in [0.2, 0.25) is 0 Å². The second kappa shape index (κ2) is 6.16. The fraction of sp³-hybridized carbons (Fsp3) is 0.0588. The highest BCUT2D eigenvalue weighted by atomic mass is 19.1. The molecule has 0 atom stereocenters. The first-order chi connectivity index (χ1) is 11.9. The molecule has 0 bridgehead atoms. The number of benzene rings is 2. The van der Waals surface area contributed by atoms with Gasteiger partial charge < -0.3 is 5.32 Å². The number of carbonyl (C=O) groups is 2. The maximum Gasteiger partial charge on any atom is 0.277 e. The van der Waals surface area contributed by atoms with E-state index in [1.54, 1.807) is 0 Å². The van der Waals surface area contributed by atoms with Crippen LogP contribution in [0.3, 0.4) is 0 Å². The molecule has 1 N–H and O–H groups in total. The van der Waals surface area contributed by atoms with Gasteiger partial charge in [0.25, 0.3) is 17.5 Å². The Morgan fingerprint density at radius 1 is 1.00 bits per heavy atom. The van der Waals surface area contributed by atoms with Crippen molar-refractivity contribution < 1.29 is 18.9 Å². The van der Waals surface area contributed by atoms with Crippen LogP contribution in [0.4, 0.5) is 15.8 Å². The lowest BCUT2D eigenvalue weighted by Gasteiger charge is -2.08. The molecule has 8 heteroatoms. The number of nitro groups is 1. The number of carbonyl (C=O) groups excluding carboxylic acids is 2. The van der Waals surface area contributed by atoms with E-state index >= 15 is 0 Å². The van der Waals surface area contributed by atoms with Gasteiger partial charge in [-0.1, -0.05) is 0 Å². The quantitative estimate of drug-likeness (QED) is 0.524. The zero-order chi connectivity index (χ0) is 18.1. The number of likely N-dealkylation sites (N-methyl/N-ethyl adjacent to an activating group) is 1. The Bertz CT molecular complexity index is 904. The molecular formula is C17H12FN3O4. The molecule has 0 aliphatic carbocycles. The number of hydrogen-bond acceptors (Lipinski definition) is 5. The Balaban J connectivity index is 2.05. The summed E-state index contributed by atoms with van der Waals surface area (Å²) in [7, 11) is 1.34. The van der Waals surface area contributed by atoms with Crippen molar-refractivity contribution in [3.63, 3.8) is 0 Å². The molecule has 0 spiro atoms. The summed E-state index contributed by atoms with van der Waals surface area (Å²) in [6, 6.07) is 10.6. The average Bonchev–Trinajstić information content (AvgIpc) is 2.81. The molecule has 2 amide bonds. The number of hydrogen-bond donors (Lipinski definition) is 1. The van der Waals surface area contributed by atoms with Gasteiger partial charge in [0.05, 0.1) is 10.5 Å². The highest BCUT2D eigenvalue weighted by Crippen LogP contribution is 2.30. The van der Waals surface area contributed by atoms with E-state index < -0.39 is 22.6 Å². The molecule has 25 heavy (non-hydrogen) atoms. The van der Waals surface area contributed by atoms with Crippen molar-refractivity contribution in [2.24, 2.45) is 0 Å². The normalized spacial score (nSPS) is 14.2. The summed E-state index contributed by atoms with van der Waals surface area (Å²) in [5.74, 6) is -1.49. The summed E-state index contributed by atoms with van der Waals surface area (Å²) < 4.78 is 13.0. The van der Waals surface area contributed by atoms with Gasteiger partial charge in [-0.3, -0.25) is 24.6 Å². The Morgan fingerprint density at radius 3 is 2.16 bits per heavy atom. The van der Waals surface area contributed by atoms with Gasteiger partial charge in [0.15, 0.2) is 0 Å². The van der Waals surface area contributed by atoms with Gasteiger partial charge in [0.1, 0.15) is 11.5 Å². The summed E-state index contributed by atoms with van der Waals surface area (Å²) in [5, 5.41) is 13.6. The van der Waals surface area contributed by atoms with Crippen molar-refractivity contribution in [2.75, 3.05) is 12.4 Å². The minimum Gasteiger partial charge on any atom is -0.350 e. The number of imide groups is 1. The Hall–Kier alpha value is -3.55. The van der Waals surface area contributed by atoms with Crippen LogP contribution in [0.2, 0.25) is 0 Å². The smallest absolute Gasteiger partial charge is 0.277 e. The van der Waals surface area contributed by atoms with Crippen LogP contribution < -0.4 is 5.32 Å². The van der Waals surface area contributed by atoms with Crippen molar-refractivity contribution in [1.82, 2.24) is 4.90 Å². The molecule has 0 fully saturated rings. The molecule has 0 saturated carbocycles. The van der Waals surface area contributed by atoms with Crippen LogP contribution in [-0.4, -0.2) is 28.7 Å². The molecule has 0 aromatic heterocycles. The van der Waals surface area contributed by atoms with E-state index in [2.05, 4.69) is 5.32 Å². The lowest BCUT2D eigenvalue weighted by molar-refractivity contribution is -0.384. The molecule has 126 valence electrons. The first-order valence-electron chi connectivity index (χ1n) is 7.22. The highest BCUT2D eigenvalue weighted by molar-refractivity contribution is 6.36. The monoisotopic (exact) mass is 341 g/mol. The van der Waals surface area contributed by atoms with E-state index in [-0.39, 0.29) is 17.0 Å². The molecule has 7 nitrogen and oxygen atoms in total. The Morgan fingerprint density at radius 2 is 1.60 bits per heavy atom. The third kappa shape index (κ3) is 2.97. The van der Waals surface area contributed by atoms with Gasteiger partial charge >= 0.3 is 0 Å². The number of nitro benzene ring substituents is 1. The molecule has 0 radical (unpaired) electrons. The second-order valence-corrected chi connectivity index (χ2v) is 5.36. The summed E-state index contributed by atoms with van der Waals surface area (Å²) in [6.07, 6.45) is 0. The first kappa shape index (κ1) is 16.3. The van der Waals surface area contributed by atoms with Gasteiger partial charge in [0, 0.05) is 24.9 Å². The SMILES string of the molecule is CN1C(=O)C(Nc2ccc(F)cc2)=C(c2ccc([N+](=O)[O-])cc2)C1=O. The third-order valence-electron chi connectivity index (χ3n) is 3.77. The van der Waals surface area contributed by atoms with Gasteiger partial charge in [-0.25, -0.2) is 4.39 Å². The van der Waals surface area contributed by atoms with Crippen molar-refractivity contribution >= 4 is 28.8 Å². The molecular weight excluding hydrogens is 329 g/mol. The van der Waals surface area contributed by atoms with Gasteiger partial charge in [-0.2, -0.15) is 0 Å². The Kier molecular flexibility index (Phi) is 4.02. The van der Waals surface area contributed by atoms with Crippen molar-refractivity contribution in [2.45, 2.75) is 0 Å². The zero-order valence-electron chi connectivity index (χ0n) is 13.0. The third-order valence-corrected chi connectivity index (χ3v) is 3.77. The number of non-ortho nitro benzene ring substituents is 1. The molecule has 1 aliphatic heterocycles. The van der Waals surface area contributed by atoms with Crippen molar-refractivity contribution in [3.8, 4) is 0 Å². The molecule has 0 unspecified atom stereocenters. The maximum atomic E-state index is 13.0. The van der Waals surface area contributed by atoms with Crippen LogP contribution in [0, 0.1) is 15.9 Å². The number of nitrogens with zero attached hydrogens (tertiary/aromatic N) is 2. The topological polar surface area (TPSA) is 92.6 Å². The lowest BCUT2D eigenvalue weighted by atomic mass is 10.0. The standard InChI is InChI=1S/C17H12FN3O4/c1-20-16(22)14(10-2-8-13(9-3-10)21(24)25)15(17(20)23)19-12-6-4-11(18)5-7-12/h2-9,19H,1H3. The molecule has 1 heterocycles. The Labute approximate surface area is 141 Å². The summed E-state index contributed by atoms with van der Waals surface area (Å²) >= 11 is 0. The number of anilines is 1. The predicted molar refractivity (Wildman–Crippen MR) is 87.8 cm³/mol. The van der Waals surface area contributed by atoms with E-state index in [0.29, 0.717) is 11.3 Å². The second-order valence-electron chi connectivity index (χ2n) is 5.36. The van der Waals surface area contributed by atoms with E-state index in [9.17, 15) is 24.1 Å². The molecule has 0 saturated heterocycles. The van der Waals surface area contributed by atoms with Crippen LogP contribution >= 0.6 is 0 Å². The summed E-state index contributed by atoms with van der Waals surface area (Å²) in [6.45, 7) is 0. The van der Waals surface area contributed by atoms with Gasteiger partial charge in [-0.15, -0.1) is 0 Å². The zero-order valence-corrected chi connectivity index (χ0v) is 13.0. The van der Waals surface area contributed by atoms with Crippen molar-refractivity contribution in [1.29, 1.82) is 0 Å². The lowest BCUT2D eigenvalue weighted by Crippen LogP contribution is -2.27. The van der Waals surface area contributed by atoms with Crippen LogP contribution in [0.25, 0.3) is 5.57 Å². The highest BCUT2D eigenvalue weighted by Gasteiger charge is 2.36. The predicted octanol–water partition coefficient (Wildman–Crippen LogP) is 2.56. The first-order valence-corrected chi connectivity index (χ1v) is 7.22. The average molecular weight is 341 g/mol. The van der Waals surface area contributed by atoms with E-state index in [4.69, 9.17) is 0 Å². The minimum absolute atomic E-state index is 0.0351. The number of nitrogens with one attached hydrogen (secondary N) is 1. The van der Waals surface area contributed by atoms with E-state index in [1.165, 1.54) is 55.6 Å². The fourth-order valence-electron chi connectivity index (χ4n) is 2.45. The minimum atomic E-state index is -0.552. The number of halogens is 1. The van der Waals surface area contributed by atoms with Gasteiger partial charge in [-0.05, 0) is 42.0 Å². The van der Waals surface area contributed by atoms with Crippen LogP contribution in [0.5, 0.6) is 0 Å². The van der Waals surface area contributed by atoms with E-state index in [0.717, 1.165) is 4.90 Å². The summed E-state index contributed by atoms with van der Waals surface area (Å²) in [4.78, 5) is 35.9. The number of rotatable bonds is 4. The largest absolute Gasteiger partial charge is 0.350 e.